The van der Waals surface area contributed by atoms with Crippen LogP contribution < -0.4 is 4.74 Å². The van der Waals surface area contributed by atoms with Crippen LogP contribution in [0.1, 0.15) is 23.3 Å². The van der Waals surface area contributed by atoms with E-state index < -0.39 is 0 Å². The van der Waals surface area contributed by atoms with Crippen LogP contribution in [-0.4, -0.2) is 68.7 Å². The van der Waals surface area contributed by atoms with Gasteiger partial charge in [0.15, 0.2) is 11.6 Å². The number of ether oxygens (including phenoxy) is 1. The monoisotopic (exact) mass is 432 g/mol. The van der Waals surface area contributed by atoms with Gasteiger partial charge in [-0.2, -0.15) is 4.68 Å². The molecule has 32 heavy (non-hydrogen) atoms. The number of rotatable bonds is 6. The van der Waals surface area contributed by atoms with Gasteiger partial charge in [-0.1, -0.05) is 18.2 Å². The Hall–Kier alpha value is -3.72. The van der Waals surface area contributed by atoms with Crippen LogP contribution in [0.5, 0.6) is 5.75 Å². The molecule has 1 aliphatic rings. The van der Waals surface area contributed by atoms with E-state index >= 15 is 0 Å². The first-order valence-corrected chi connectivity index (χ1v) is 10.7. The molecular weight excluding hydrogens is 408 g/mol. The number of nitrogens with zero attached hydrogens (tertiary/aromatic N) is 6. The summed E-state index contributed by atoms with van der Waals surface area (Å²) in [6.07, 6.45) is 0. The van der Waals surface area contributed by atoms with Gasteiger partial charge in [0.1, 0.15) is 11.3 Å². The van der Waals surface area contributed by atoms with Crippen LogP contribution in [0.2, 0.25) is 0 Å². The molecule has 0 bridgehead atoms. The van der Waals surface area contributed by atoms with Crippen LogP contribution in [-0.2, 0) is 6.54 Å². The SMILES string of the molecule is CCOc1ccc(-n2nnnc2CN2CCN(C(=O)c3cc4ccccc4o3)CC2)cc1. The van der Waals surface area contributed by atoms with Gasteiger partial charge in [0.05, 0.1) is 18.8 Å². The Morgan fingerprint density at radius 1 is 1.06 bits per heavy atom. The van der Waals surface area contributed by atoms with Crippen LogP contribution >= 0.6 is 0 Å². The van der Waals surface area contributed by atoms with Gasteiger partial charge in [-0.05, 0) is 53.7 Å². The van der Waals surface area contributed by atoms with Crippen molar-refractivity contribution in [2.45, 2.75) is 13.5 Å². The Morgan fingerprint density at radius 3 is 2.59 bits per heavy atom. The summed E-state index contributed by atoms with van der Waals surface area (Å²) >= 11 is 0. The standard InChI is InChI=1S/C23H24N6O3/c1-2-31-19-9-7-18(8-10-19)29-22(24-25-26-29)16-27-11-13-28(14-12-27)23(30)21-15-17-5-3-4-6-20(17)32-21/h3-10,15H,2,11-14,16H2,1H3. The van der Waals surface area contributed by atoms with Gasteiger partial charge in [0.25, 0.3) is 5.91 Å². The Kier molecular flexibility index (Phi) is 5.55. The van der Waals surface area contributed by atoms with Gasteiger partial charge in [0.2, 0.25) is 0 Å². The van der Waals surface area contributed by atoms with Crippen molar-refractivity contribution in [2.75, 3.05) is 32.8 Å². The average molecular weight is 432 g/mol. The highest BCUT2D eigenvalue weighted by atomic mass is 16.5. The van der Waals surface area contributed by atoms with Crippen LogP contribution in [0.15, 0.2) is 59.0 Å². The summed E-state index contributed by atoms with van der Waals surface area (Å²) in [6, 6.07) is 17.2. The molecule has 9 heteroatoms. The molecule has 3 heterocycles. The lowest BCUT2D eigenvalue weighted by atomic mass is 10.2. The molecule has 0 aliphatic carbocycles. The fraction of sp³-hybridized carbons (Fsp3) is 0.304. The topological polar surface area (TPSA) is 89.5 Å². The highest BCUT2D eigenvalue weighted by Crippen LogP contribution is 2.21. The molecule has 1 saturated heterocycles. The van der Waals surface area contributed by atoms with E-state index in [1.807, 2.05) is 66.4 Å². The fourth-order valence-electron chi connectivity index (χ4n) is 3.91. The summed E-state index contributed by atoms with van der Waals surface area (Å²) in [6.45, 7) is 5.91. The Labute approximate surface area is 185 Å². The second-order valence-corrected chi connectivity index (χ2v) is 7.65. The highest BCUT2D eigenvalue weighted by Gasteiger charge is 2.25. The Morgan fingerprint density at radius 2 is 1.84 bits per heavy atom. The molecular formula is C23H24N6O3. The van der Waals surface area contributed by atoms with Gasteiger partial charge >= 0.3 is 0 Å². The first kappa shape index (κ1) is 20.2. The summed E-state index contributed by atoms with van der Waals surface area (Å²) < 4.78 is 13.0. The number of para-hydroxylation sites is 1. The molecule has 0 radical (unpaired) electrons. The predicted octanol–water partition coefficient (Wildman–Crippen LogP) is 2.77. The molecule has 2 aromatic carbocycles. The van der Waals surface area contributed by atoms with E-state index in [0.717, 1.165) is 41.3 Å². The first-order chi connectivity index (χ1) is 15.7. The zero-order valence-electron chi connectivity index (χ0n) is 17.8. The van der Waals surface area contributed by atoms with E-state index in [1.165, 1.54) is 0 Å². The van der Waals surface area contributed by atoms with Crippen LogP contribution in [0.3, 0.4) is 0 Å². The Balaban J connectivity index is 1.21. The van der Waals surface area contributed by atoms with E-state index in [4.69, 9.17) is 9.15 Å². The lowest BCUT2D eigenvalue weighted by Crippen LogP contribution is -2.48. The van der Waals surface area contributed by atoms with Crippen LogP contribution in [0, 0.1) is 0 Å². The summed E-state index contributed by atoms with van der Waals surface area (Å²) in [4.78, 5) is 17.0. The minimum absolute atomic E-state index is 0.0694. The molecule has 0 unspecified atom stereocenters. The van der Waals surface area contributed by atoms with Crippen molar-refractivity contribution < 1.29 is 13.9 Å². The Bertz CT molecular complexity index is 1170. The number of carbonyl (C=O) groups excluding carboxylic acids is 1. The van der Waals surface area contributed by atoms with Gasteiger partial charge < -0.3 is 14.1 Å². The van der Waals surface area contributed by atoms with E-state index in [-0.39, 0.29) is 5.91 Å². The second-order valence-electron chi connectivity index (χ2n) is 7.65. The minimum Gasteiger partial charge on any atom is -0.494 e. The quantitative estimate of drug-likeness (QED) is 0.463. The number of furan rings is 1. The summed E-state index contributed by atoms with van der Waals surface area (Å²) in [5.74, 6) is 1.89. The molecule has 9 nitrogen and oxygen atoms in total. The third kappa shape index (κ3) is 4.06. The zero-order valence-corrected chi connectivity index (χ0v) is 17.8. The maximum atomic E-state index is 12.9. The number of carbonyl (C=O) groups is 1. The summed E-state index contributed by atoms with van der Waals surface area (Å²) in [7, 11) is 0. The van der Waals surface area contributed by atoms with Crippen LogP contribution in [0.4, 0.5) is 0 Å². The maximum Gasteiger partial charge on any atom is 0.289 e. The van der Waals surface area contributed by atoms with Crippen molar-refractivity contribution in [3.63, 3.8) is 0 Å². The van der Waals surface area contributed by atoms with E-state index in [2.05, 4.69) is 20.4 Å². The van der Waals surface area contributed by atoms with Crippen molar-refractivity contribution >= 4 is 16.9 Å². The van der Waals surface area contributed by atoms with Crippen molar-refractivity contribution in [1.29, 1.82) is 0 Å². The minimum atomic E-state index is -0.0694. The molecule has 4 aromatic rings. The van der Waals surface area contributed by atoms with E-state index in [0.29, 0.717) is 32.0 Å². The van der Waals surface area contributed by atoms with Gasteiger partial charge in [-0.3, -0.25) is 9.69 Å². The molecule has 1 aliphatic heterocycles. The molecule has 1 amide bonds. The molecule has 164 valence electrons. The van der Waals surface area contributed by atoms with E-state index in [1.54, 1.807) is 4.68 Å². The smallest absolute Gasteiger partial charge is 0.289 e. The predicted molar refractivity (Wildman–Crippen MR) is 118 cm³/mol. The number of hydrogen-bond acceptors (Lipinski definition) is 7. The first-order valence-electron chi connectivity index (χ1n) is 10.7. The highest BCUT2D eigenvalue weighted by molar-refractivity contribution is 5.96. The molecule has 0 N–H and O–H groups in total. The molecule has 2 aromatic heterocycles. The average Bonchev–Trinajstić information content (AvgIpc) is 3.47. The van der Waals surface area contributed by atoms with Crippen molar-refractivity contribution in [1.82, 2.24) is 30.0 Å². The normalized spacial score (nSPS) is 14.7. The number of amides is 1. The molecule has 0 atom stereocenters. The lowest BCUT2D eigenvalue weighted by Gasteiger charge is -2.33. The summed E-state index contributed by atoms with van der Waals surface area (Å²) in [5, 5.41) is 13.1. The molecule has 5 rings (SSSR count). The largest absolute Gasteiger partial charge is 0.494 e. The lowest BCUT2D eigenvalue weighted by molar-refractivity contribution is 0.0596. The fourth-order valence-corrected chi connectivity index (χ4v) is 3.91. The van der Waals surface area contributed by atoms with Gasteiger partial charge in [-0.25, -0.2) is 0 Å². The van der Waals surface area contributed by atoms with E-state index in [9.17, 15) is 4.79 Å². The maximum absolute atomic E-state index is 12.9. The number of fused-ring (bicyclic) bond motifs is 1. The number of hydrogen-bond donors (Lipinski definition) is 0. The van der Waals surface area contributed by atoms with Gasteiger partial charge in [-0.15, -0.1) is 5.10 Å². The summed E-state index contributed by atoms with van der Waals surface area (Å²) in [5.41, 5.74) is 1.61. The number of piperazine rings is 1. The van der Waals surface area contributed by atoms with Crippen molar-refractivity contribution in [2.24, 2.45) is 0 Å². The number of aromatic nitrogens is 4. The van der Waals surface area contributed by atoms with Gasteiger partial charge in [0, 0.05) is 31.6 Å². The molecule has 1 fully saturated rings. The second kappa shape index (κ2) is 8.80. The number of tetrazole rings is 1. The third-order valence-corrected chi connectivity index (χ3v) is 5.59. The molecule has 0 saturated carbocycles. The van der Waals surface area contributed by atoms with Crippen molar-refractivity contribution in [3.05, 3.63) is 66.2 Å². The van der Waals surface area contributed by atoms with Crippen LogP contribution in [0.25, 0.3) is 16.7 Å². The number of benzene rings is 2. The van der Waals surface area contributed by atoms with Crippen molar-refractivity contribution in [3.8, 4) is 11.4 Å². The third-order valence-electron chi connectivity index (χ3n) is 5.59. The molecule has 0 spiro atoms. The zero-order chi connectivity index (χ0) is 21.9.